The van der Waals surface area contributed by atoms with Crippen molar-refractivity contribution in [1.82, 2.24) is 4.90 Å². The molecule has 0 bridgehead atoms. The monoisotopic (exact) mass is 210 g/mol. The van der Waals surface area contributed by atoms with E-state index in [1.165, 1.54) is 64.6 Å². The lowest BCUT2D eigenvalue weighted by molar-refractivity contribution is 0.165. The minimum atomic E-state index is 0.877. The third kappa shape index (κ3) is 3.46. The van der Waals surface area contributed by atoms with Gasteiger partial charge in [-0.15, -0.1) is 0 Å². The molecule has 2 rings (SSSR count). The fourth-order valence-electron chi connectivity index (χ4n) is 2.99. The van der Waals surface area contributed by atoms with E-state index < -0.39 is 0 Å². The summed E-state index contributed by atoms with van der Waals surface area (Å²) in [5.74, 6) is 1.92. The molecular formula is C13H26N2. The number of likely N-dealkylation sites (tertiary alicyclic amines) is 1. The van der Waals surface area contributed by atoms with E-state index in [-0.39, 0.29) is 0 Å². The summed E-state index contributed by atoms with van der Waals surface area (Å²) in [6.45, 7) is 4.92. The Morgan fingerprint density at radius 2 is 1.80 bits per heavy atom. The minimum absolute atomic E-state index is 0.877. The highest BCUT2D eigenvalue weighted by atomic mass is 15.1. The van der Waals surface area contributed by atoms with Gasteiger partial charge >= 0.3 is 0 Å². The van der Waals surface area contributed by atoms with Gasteiger partial charge < -0.3 is 10.6 Å². The van der Waals surface area contributed by atoms with Crippen molar-refractivity contribution >= 4 is 0 Å². The van der Waals surface area contributed by atoms with E-state index in [1.807, 2.05) is 0 Å². The first-order chi connectivity index (χ1) is 7.38. The molecule has 0 amide bonds. The lowest BCUT2D eigenvalue weighted by Gasteiger charge is -2.33. The molecule has 1 unspecified atom stereocenters. The Balaban J connectivity index is 1.75. The van der Waals surface area contributed by atoms with Gasteiger partial charge in [0, 0.05) is 13.1 Å². The highest BCUT2D eigenvalue weighted by Crippen LogP contribution is 2.28. The van der Waals surface area contributed by atoms with Crippen molar-refractivity contribution < 1.29 is 0 Å². The second-order valence-corrected chi connectivity index (χ2v) is 5.50. The molecule has 0 aromatic carbocycles. The smallest absolute Gasteiger partial charge is 0.00102 e. The quantitative estimate of drug-likeness (QED) is 0.771. The van der Waals surface area contributed by atoms with Gasteiger partial charge in [0.15, 0.2) is 0 Å². The SMILES string of the molecule is NCCC1CCCCN(CC2CCC2)C1. The maximum atomic E-state index is 5.68. The molecule has 1 saturated carbocycles. The first kappa shape index (κ1) is 11.4. The summed E-state index contributed by atoms with van der Waals surface area (Å²) in [4.78, 5) is 2.72. The van der Waals surface area contributed by atoms with Gasteiger partial charge in [-0.2, -0.15) is 0 Å². The van der Waals surface area contributed by atoms with E-state index in [0.29, 0.717) is 0 Å². The van der Waals surface area contributed by atoms with Crippen LogP contribution in [-0.2, 0) is 0 Å². The van der Waals surface area contributed by atoms with Gasteiger partial charge in [0.2, 0.25) is 0 Å². The Labute approximate surface area is 94.2 Å². The average molecular weight is 210 g/mol. The Morgan fingerprint density at radius 3 is 2.47 bits per heavy atom. The number of rotatable bonds is 4. The van der Waals surface area contributed by atoms with Crippen LogP contribution >= 0.6 is 0 Å². The van der Waals surface area contributed by atoms with Crippen LogP contribution < -0.4 is 5.73 Å². The van der Waals surface area contributed by atoms with Gasteiger partial charge in [0.25, 0.3) is 0 Å². The molecule has 0 spiro atoms. The fourth-order valence-corrected chi connectivity index (χ4v) is 2.99. The molecule has 15 heavy (non-hydrogen) atoms. The Morgan fingerprint density at radius 1 is 1.00 bits per heavy atom. The predicted molar refractivity (Wildman–Crippen MR) is 64.8 cm³/mol. The summed E-state index contributed by atoms with van der Waals surface area (Å²) in [6.07, 6.45) is 9.93. The summed E-state index contributed by atoms with van der Waals surface area (Å²) in [5, 5.41) is 0. The van der Waals surface area contributed by atoms with Gasteiger partial charge in [-0.05, 0) is 57.0 Å². The zero-order chi connectivity index (χ0) is 10.5. The first-order valence-electron chi connectivity index (χ1n) is 6.81. The molecule has 88 valence electrons. The van der Waals surface area contributed by atoms with Gasteiger partial charge in [-0.1, -0.05) is 12.8 Å². The van der Waals surface area contributed by atoms with Gasteiger partial charge in [0.1, 0.15) is 0 Å². The molecule has 2 heteroatoms. The summed E-state index contributed by atoms with van der Waals surface area (Å²) < 4.78 is 0. The predicted octanol–water partition coefficient (Wildman–Crippen LogP) is 2.24. The molecule has 1 saturated heterocycles. The maximum Gasteiger partial charge on any atom is 0.00102 e. The van der Waals surface area contributed by atoms with Crippen molar-refractivity contribution in [2.45, 2.75) is 44.9 Å². The lowest BCUT2D eigenvalue weighted by Crippen LogP contribution is -2.35. The van der Waals surface area contributed by atoms with Crippen molar-refractivity contribution in [1.29, 1.82) is 0 Å². The molecule has 2 nitrogen and oxygen atoms in total. The fraction of sp³-hybridized carbons (Fsp3) is 1.00. The summed E-state index contributed by atoms with van der Waals surface area (Å²) in [6, 6.07) is 0. The Bertz CT molecular complexity index is 177. The van der Waals surface area contributed by atoms with Crippen LogP contribution in [0.15, 0.2) is 0 Å². The van der Waals surface area contributed by atoms with Crippen LogP contribution in [0.25, 0.3) is 0 Å². The molecule has 2 N–H and O–H groups in total. The topological polar surface area (TPSA) is 29.3 Å². The van der Waals surface area contributed by atoms with Crippen LogP contribution in [-0.4, -0.2) is 31.1 Å². The number of hydrogen-bond acceptors (Lipinski definition) is 2. The van der Waals surface area contributed by atoms with Gasteiger partial charge in [-0.3, -0.25) is 0 Å². The molecular weight excluding hydrogens is 184 g/mol. The van der Waals surface area contributed by atoms with Crippen LogP contribution in [0.1, 0.15) is 44.9 Å². The summed E-state index contributed by atoms with van der Waals surface area (Å²) in [5.41, 5.74) is 5.68. The Hall–Kier alpha value is -0.0800. The van der Waals surface area contributed by atoms with E-state index >= 15 is 0 Å². The molecule has 1 atom stereocenters. The van der Waals surface area contributed by atoms with Crippen LogP contribution in [0.5, 0.6) is 0 Å². The van der Waals surface area contributed by atoms with Crippen molar-refractivity contribution in [3.63, 3.8) is 0 Å². The van der Waals surface area contributed by atoms with Crippen LogP contribution in [0, 0.1) is 11.8 Å². The largest absolute Gasteiger partial charge is 0.330 e. The van der Waals surface area contributed by atoms with Gasteiger partial charge in [0.05, 0.1) is 0 Å². The van der Waals surface area contributed by atoms with Gasteiger partial charge in [-0.25, -0.2) is 0 Å². The molecule has 1 heterocycles. The summed E-state index contributed by atoms with van der Waals surface area (Å²) >= 11 is 0. The highest BCUT2D eigenvalue weighted by Gasteiger charge is 2.23. The van der Waals surface area contributed by atoms with E-state index in [2.05, 4.69) is 4.90 Å². The van der Waals surface area contributed by atoms with Crippen molar-refractivity contribution in [3.8, 4) is 0 Å². The molecule has 0 aromatic heterocycles. The minimum Gasteiger partial charge on any atom is -0.330 e. The standard InChI is InChI=1S/C13H26N2/c14-8-7-13-4-1-2-9-15(11-13)10-12-5-3-6-12/h12-13H,1-11,14H2. The zero-order valence-electron chi connectivity index (χ0n) is 9.96. The van der Waals surface area contributed by atoms with E-state index in [1.54, 1.807) is 0 Å². The lowest BCUT2D eigenvalue weighted by atomic mass is 9.85. The van der Waals surface area contributed by atoms with E-state index in [9.17, 15) is 0 Å². The zero-order valence-corrected chi connectivity index (χ0v) is 9.96. The molecule has 1 aliphatic heterocycles. The van der Waals surface area contributed by atoms with Crippen LogP contribution in [0.3, 0.4) is 0 Å². The maximum absolute atomic E-state index is 5.68. The molecule has 1 aliphatic carbocycles. The van der Waals surface area contributed by atoms with E-state index in [0.717, 1.165) is 18.4 Å². The normalized spacial score (nSPS) is 29.8. The molecule has 2 aliphatic rings. The number of nitrogens with zero attached hydrogens (tertiary/aromatic N) is 1. The summed E-state index contributed by atoms with van der Waals surface area (Å²) in [7, 11) is 0. The number of nitrogens with two attached hydrogens (primary N) is 1. The van der Waals surface area contributed by atoms with Crippen molar-refractivity contribution in [2.24, 2.45) is 17.6 Å². The number of hydrogen-bond donors (Lipinski definition) is 1. The molecule has 0 radical (unpaired) electrons. The van der Waals surface area contributed by atoms with Crippen LogP contribution in [0.4, 0.5) is 0 Å². The molecule has 2 fully saturated rings. The third-order valence-electron chi connectivity index (χ3n) is 4.17. The van der Waals surface area contributed by atoms with Crippen LogP contribution in [0.2, 0.25) is 0 Å². The van der Waals surface area contributed by atoms with Crippen molar-refractivity contribution in [2.75, 3.05) is 26.2 Å². The third-order valence-corrected chi connectivity index (χ3v) is 4.17. The first-order valence-corrected chi connectivity index (χ1v) is 6.81. The second kappa shape index (κ2) is 5.86. The van der Waals surface area contributed by atoms with Crippen molar-refractivity contribution in [3.05, 3.63) is 0 Å². The highest BCUT2D eigenvalue weighted by molar-refractivity contribution is 4.77. The average Bonchev–Trinajstić information content (AvgIpc) is 2.38. The second-order valence-electron chi connectivity index (χ2n) is 5.50. The Kier molecular flexibility index (Phi) is 4.45. The van der Waals surface area contributed by atoms with E-state index in [4.69, 9.17) is 5.73 Å². The molecule has 0 aromatic rings.